The first-order valence-corrected chi connectivity index (χ1v) is 15.7. The molecule has 0 radical (unpaired) electrons. The number of alkyl halides is 3. The Labute approximate surface area is 250 Å². The van der Waals surface area contributed by atoms with Crippen LogP contribution in [-0.2, 0) is 19.4 Å². The van der Waals surface area contributed by atoms with Gasteiger partial charge in [-0.3, -0.25) is 4.79 Å². The number of amides is 1. The van der Waals surface area contributed by atoms with Crippen LogP contribution < -0.4 is 16.4 Å². The molecule has 0 saturated carbocycles. The van der Waals surface area contributed by atoms with Gasteiger partial charge in [-0.2, -0.15) is 24.9 Å². The number of amidine groups is 1. The van der Waals surface area contributed by atoms with Crippen molar-refractivity contribution < 1.29 is 41.5 Å². The molecular formula is C28H29F3N4O6S2. The first kappa shape index (κ1) is 33.3. The maximum Gasteiger partial charge on any atom is 0.490 e. The lowest BCUT2D eigenvalue weighted by Gasteiger charge is -2.37. The number of nitrogens with two attached hydrogens (primary N) is 1. The molecule has 230 valence electrons. The summed E-state index contributed by atoms with van der Waals surface area (Å²) in [6, 6.07) is 21.1. The highest BCUT2D eigenvalue weighted by Crippen LogP contribution is 2.33. The van der Waals surface area contributed by atoms with Gasteiger partial charge in [0, 0.05) is 28.8 Å². The molecule has 43 heavy (non-hydrogen) atoms. The molecule has 0 spiro atoms. The summed E-state index contributed by atoms with van der Waals surface area (Å²) in [5.74, 6) is -1.24. The number of thioether (sulfide) groups is 1. The SMILES string of the molecule is CS(=O)(=O)c1ccccc1-c1ccc(NC(=O)C2(Nc3cccc(/C(N)=N/O)c3)CCSCC2)cc1.O=C(O)C(F)(F)F. The van der Waals surface area contributed by atoms with E-state index in [-0.39, 0.29) is 16.6 Å². The van der Waals surface area contributed by atoms with Crippen molar-refractivity contribution in [1.82, 2.24) is 0 Å². The molecule has 1 saturated heterocycles. The first-order valence-electron chi connectivity index (χ1n) is 12.6. The van der Waals surface area contributed by atoms with Gasteiger partial charge in [-0.15, -0.1) is 0 Å². The fraction of sp³-hybridized carbons (Fsp3) is 0.250. The molecule has 1 amide bonds. The third kappa shape index (κ3) is 8.88. The summed E-state index contributed by atoms with van der Waals surface area (Å²) in [5.41, 5.74) is 8.14. The number of hydrogen-bond acceptors (Lipinski definition) is 8. The van der Waals surface area contributed by atoms with Crippen LogP contribution >= 0.6 is 11.8 Å². The van der Waals surface area contributed by atoms with Gasteiger partial charge >= 0.3 is 12.1 Å². The Hall–Kier alpha value is -4.24. The number of hydrogen-bond donors (Lipinski definition) is 5. The molecule has 1 aliphatic rings. The highest BCUT2D eigenvalue weighted by molar-refractivity contribution is 7.99. The Kier molecular flexibility index (Phi) is 10.7. The fourth-order valence-electron chi connectivity index (χ4n) is 4.23. The van der Waals surface area contributed by atoms with Crippen LogP contribution in [0.2, 0.25) is 0 Å². The minimum absolute atomic E-state index is 0.00566. The average molecular weight is 639 g/mol. The van der Waals surface area contributed by atoms with Gasteiger partial charge in [0.05, 0.1) is 4.90 Å². The summed E-state index contributed by atoms with van der Waals surface area (Å²) in [7, 11) is -3.38. The van der Waals surface area contributed by atoms with E-state index in [1.54, 1.807) is 78.5 Å². The lowest BCUT2D eigenvalue weighted by Crippen LogP contribution is -2.52. The van der Waals surface area contributed by atoms with Crippen molar-refractivity contribution in [3.63, 3.8) is 0 Å². The second-order valence-electron chi connectivity index (χ2n) is 9.49. The molecule has 0 atom stereocenters. The van der Waals surface area contributed by atoms with E-state index < -0.39 is 27.5 Å². The molecule has 1 heterocycles. The molecule has 0 bridgehead atoms. The zero-order valence-electron chi connectivity index (χ0n) is 22.8. The number of sulfone groups is 1. The lowest BCUT2D eigenvalue weighted by molar-refractivity contribution is -0.192. The third-order valence-electron chi connectivity index (χ3n) is 6.41. The summed E-state index contributed by atoms with van der Waals surface area (Å²) in [6.07, 6.45) is -2.62. The van der Waals surface area contributed by atoms with Gasteiger partial charge in [0.2, 0.25) is 5.91 Å². The highest BCUT2D eigenvalue weighted by Gasteiger charge is 2.40. The Bertz CT molecular complexity index is 1590. The number of nitrogens with zero attached hydrogens (tertiary/aromatic N) is 1. The molecule has 1 fully saturated rings. The molecule has 10 nitrogen and oxygen atoms in total. The zero-order chi connectivity index (χ0) is 31.8. The average Bonchev–Trinajstić information content (AvgIpc) is 2.97. The minimum Gasteiger partial charge on any atom is -0.475 e. The van der Waals surface area contributed by atoms with Gasteiger partial charge in [0.15, 0.2) is 15.7 Å². The molecule has 3 aromatic carbocycles. The Morgan fingerprint density at radius 2 is 1.58 bits per heavy atom. The summed E-state index contributed by atoms with van der Waals surface area (Å²) in [6.45, 7) is 0. The minimum atomic E-state index is -5.08. The van der Waals surface area contributed by atoms with E-state index in [1.165, 1.54) is 6.26 Å². The number of carboxylic acid groups (broad SMARTS) is 1. The van der Waals surface area contributed by atoms with E-state index in [4.69, 9.17) is 20.8 Å². The number of carboxylic acids is 1. The predicted octanol–water partition coefficient (Wildman–Crippen LogP) is 4.80. The standard InChI is InChI=1S/C26H28N4O4S2.C2HF3O2/c1-36(33,34)23-8-3-2-7-22(23)18-9-11-20(12-10-18)28-25(31)26(13-15-35-16-14-26)29-21-6-4-5-19(17-21)24(27)30-32;3-2(4,5)1(6)7/h2-12,17,29,32H,13-16H2,1H3,(H2,27,30)(H,28,31);(H,6,7). The van der Waals surface area contributed by atoms with E-state index in [2.05, 4.69) is 15.8 Å². The lowest BCUT2D eigenvalue weighted by atomic mass is 9.90. The summed E-state index contributed by atoms with van der Waals surface area (Å²) in [4.78, 5) is 22.7. The van der Waals surface area contributed by atoms with E-state index in [1.807, 2.05) is 6.07 Å². The first-order chi connectivity index (χ1) is 20.2. The summed E-state index contributed by atoms with van der Waals surface area (Å²) >= 11 is 1.80. The smallest absolute Gasteiger partial charge is 0.475 e. The number of nitrogens with one attached hydrogen (secondary N) is 2. The number of rotatable bonds is 7. The summed E-state index contributed by atoms with van der Waals surface area (Å²) in [5, 5.41) is 25.6. The van der Waals surface area contributed by atoms with Crippen molar-refractivity contribution >= 4 is 50.7 Å². The number of carbonyl (C=O) groups is 2. The van der Waals surface area contributed by atoms with Crippen LogP contribution in [0.5, 0.6) is 0 Å². The van der Waals surface area contributed by atoms with Crippen molar-refractivity contribution in [1.29, 1.82) is 0 Å². The van der Waals surface area contributed by atoms with Crippen LogP contribution in [0, 0.1) is 0 Å². The van der Waals surface area contributed by atoms with Crippen LogP contribution in [0.4, 0.5) is 24.5 Å². The molecule has 6 N–H and O–H groups in total. The molecule has 15 heteroatoms. The van der Waals surface area contributed by atoms with E-state index in [9.17, 15) is 26.4 Å². The monoisotopic (exact) mass is 638 g/mol. The quantitative estimate of drug-likeness (QED) is 0.106. The van der Waals surface area contributed by atoms with Crippen molar-refractivity contribution in [2.24, 2.45) is 10.9 Å². The van der Waals surface area contributed by atoms with Crippen molar-refractivity contribution in [2.75, 3.05) is 28.4 Å². The van der Waals surface area contributed by atoms with E-state index in [0.29, 0.717) is 35.3 Å². The second kappa shape index (κ2) is 13.8. The fourth-order valence-corrected chi connectivity index (χ4v) is 6.33. The number of halogens is 3. The number of oxime groups is 1. The molecule has 1 aliphatic heterocycles. The van der Waals surface area contributed by atoms with Gasteiger partial charge in [0.25, 0.3) is 0 Å². The molecule has 4 rings (SSSR count). The van der Waals surface area contributed by atoms with Crippen molar-refractivity contribution in [3.05, 3.63) is 78.4 Å². The number of carbonyl (C=O) groups excluding carboxylic acids is 1. The van der Waals surface area contributed by atoms with Crippen molar-refractivity contribution in [2.45, 2.75) is 29.5 Å². The van der Waals surface area contributed by atoms with Crippen LogP contribution in [0.1, 0.15) is 18.4 Å². The topological polar surface area (TPSA) is 171 Å². The van der Waals surface area contributed by atoms with E-state index >= 15 is 0 Å². The normalized spacial score (nSPS) is 15.0. The second-order valence-corrected chi connectivity index (χ2v) is 12.7. The van der Waals surface area contributed by atoms with Gasteiger partial charge < -0.3 is 26.7 Å². The molecular weight excluding hydrogens is 609 g/mol. The maximum atomic E-state index is 13.6. The largest absolute Gasteiger partial charge is 0.490 e. The maximum absolute atomic E-state index is 13.6. The van der Waals surface area contributed by atoms with Crippen molar-refractivity contribution in [3.8, 4) is 11.1 Å². The number of anilines is 2. The van der Waals surface area contributed by atoms with E-state index in [0.717, 1.165) is 17.1 Å². The third-order valence-corrected chi connectivity index (χ3v) is 8.55. The molecule has 0 aliphatic carbocycles. The van der Waals surface area contributed by atoms with Crippen LogP contribution in [-0.4, -0.2) is 65.9 Å². The molecule has 0 aromatic heterocycles. The highest BCUT2D eigenvalue weighted by atomic mass is 32.2. The number of benzene rings is 3. The zero-order valence-corrected chi connectivity index (χ0v) is 24.4. The van der Waals surface area contributed by atoms with Crippen LogP contribution in [0.15, 0.2) is 82.8 Å². The predicted molar refractivity (Wildman–Crippen MR) is 159 cm³/mol. The van der Waals surface area contributed by atoms with Gasteiger partial charge in [0.1, 0.15) is 5.54 Å². The van der Waals surface area contributed by atoms with Gasteiger partial charge in [-0.1, -0.05) is 47.6 Å². The van der Waals surface area contributed by atoms with Gasteiger partial charge in [-0.05, 0) is 60.2 Å². The Morgan fingerprint density at radius 1 is 0.977 bits per heavy atom. The van der Waals surface area contributed by atoms with Gasteiger partial charge in [-0.25, -0.2) is 13.2 Å². The summed E-state index contributed by atoms with van der Waals surface area (Å²) < 4.78 is 56.1. The van der Waals surface area contributed by atoms with Crippen LogP contribution in [0.3, 0.4) is 0 Å². The molecule has 3 aromatic rings. The Balaban J connectivity index is 0.000000646. The number of aliphatic carboxylic acids is 1. The van der Waals surface area contributed by atoms with Crippen LogP contribution in [0.25, 0.3) is 11.1 Å². The molecule has 0 unspecified atom stereocenters. The Morgan fingerprint density at radius 3 is 2.14 bits per heavy atom.